The number of esters is 1. The SMILES string of the molecule is CCOC(=O)[C@H]1CC[C@]2(CC1)CN(c1cccnc1F)C(=O)O2. The van der Waals surface area contributed by atoms with Gasteiger partial charge in [-0.1, -0.05) is 0 Å². The summed E-state index contributed by atoms with van der Waals surface area (Å²) in [6, 6.07) is 3.08. The van der Waals surface area contributed by atoms with Gasteiger partial charge in [0.15, 0.2) is 0 Å². The first-order chi connectivity index (χ1) is 11.0. The fraction of sp³-hybridized carbons (Fsp3) is 0.562. The van der Waals surface area contributed by atoms with Crippen molar-refractivity contribution < 1.29 is 23.5 Å². The number of hydrogen-bond acceptors (Lipinski definition) is 5. The van der Waals surface area contributed by atoms with Gasteiger partial charge in [0.25, 0.3) is 0 Å². The van der Waals surface area contributed by atoms with E-state index >= 15 is 0 Å². The second kappa shape index (κ2) is 6.14. The van der Waals surface area contributed by atoms with E-state index in [9.17, 15) is 14.0 Å². The number of nitrogens with zero attached hydrogens (tertiary/aromatic N) is 2. The Morgan fingerprint density at radius 3 is 2.91 bits per heavy atom. The Labute approximate surface area is 133 Å². The molecule has 7 heteroatoms. The van der Waals surface area contributed by atoms with Gasteiger partial charge in [0, 0.05) is 6.20 Å². The molecule has 1 saturated heterocycles. The summed E-state index contributed by atoms with van der Waals surface area (Å²) >= 11 is 0. The molecule has 3 rings (SSSR count). The maximum Gasteiger partial charge on any atom is 0.415 e. The van der Waals surface area contributed by atoms with E-state index in [0.717, 1.165) is 0 Å². The van der Waals surface area contributed by atoms with Crippen LogP contribution in [0, 0.1) is 11.9 Å². The van der Waals surface area contributed by atoms with Crippen LogP contribution in [0.4, 0.5) is 14.9 Å². The molecule has 1 aliphatic heterocycles. The quantitative estimate of drug-likeness (QED) is 0.632. The lowest BCUT2D eigenvalue weighted by atomic mass is 9.78. The standard InChI is InChI=1S/C16H19FN2O4/c1-2-22-14(20)11-5-7-16(8-6-11)10-19(15(21)23-16)12-4-3-9-18-13(12)17/h3-4,9,11H,2,5-8,10H2,1H3/t11-,16-. The summed E-state index contributed by atoms with van der Waals surface area (Å²) in [5.41, 5.74) is -0.524. The molecule has 2 heterocycles. The van der Waals surface area contributed by atoms with Gasteiger partial charge in [-0.3, -0.25) is 9.69 Å². The Balaban J connectivity index is 1.69. The molecule has 1 spiro atoms. The third-order valence-electron chi connectivity index (χ3n) is 4.52. The van der Waals surface area contributed by atoms with Gasteiger partial charge in [-0.25, -0.2) is 9.78 Å². The van der Waals surface area contributed by atoms with Crippen LogP contribution in [0.1, 0.15) is 32.6 Å². The molecule has 1 aromatic rings. The summed E-state index contributed by atoms with van der Waals surface area (Å²) in [5.74, 6) is -1.04. The number of amides is 1. The van der Waals surface area contributed by atoms with Gasteiger partial charge < -0.3 is 9.47 Å². The molecule has 23 heavy (non-hydrogen) atoms. The van der Waals surface area contributed by atoms with Crippen LogP contribution in [0.25, 0.3) is 0 Å². The Hall–Kier alpha value is -2.18. The van der Waals surface area contributed by atoms with Crippen LogP contribution in [0.5, 0.6) is 0 Å². The summed E-state index contributed by atoms with van der Waals surface area (Å²) < 4.78 is 24.4. The maximum absolute atomic E-state index is 13.8. The van der Waals surface area contributed by atoms with Gasteiger partial charge in [-0.05, 0) is 44.7 Å². The Morgan fingerprint density at radius 1 is 1.52 bits per heavy atom. The molecule has 1 saturated carbocycles. The van der Waals surface area contributed by atoms with Crippen LogP contribution in [-0.2, 0) is 14.3 Å². The van der Waals surface area contributed by atoms with Crippen LogP contribution in [0.15, 0.2) is 18.3 Å². The van der Waals surface area contributed by atoms with Crippen molar-refractivity contribution in [1.82, 2.24) is 4.98 Å². The third kappa shape index (κ3) is 3.00. The molecule has 124 valence electrons. The predicted octanol–water partition coefficient (Wildman–Crippen LogP) is 2.67. The molecule has 0 unspecified atom stereocenters. The van der Waals surface area contributed by atoms with Crippen LogP contribution in [0.2, 0.25) is 0 Å². The highest BCUT2D eigenvalue weighted by Crippen LogP contribution is 2.41. The number of carbonyl (C=O) groups is 2. The normalized spacial score (nSPS) is 27.1. The van der Waals surface area contributed by atoms with Gasteiger partial charge in [-0.2, -0.15) is 4.39 Å². The van der Waals surface area contributed by atoms with Crippen LogP contribution >= 0.6 is 0 Å². The van der Waals surface area contributed by atoms with E-state index in [1.165, 1.54) is 17.2 Å². The minimum Gasteiger partial charge on any atom is -0.466 e. The lowest BCUT2D eigenvalue weighted by Gasteiger charge is -2.34. The van der Waals surface area contributed by atoms with Crippen molar-refractivity contribution >= 4 is 17.7 Å². The molecule has 2 fully saturated rings. The number of carbonyl (C=O) groups excluding carboxylic acids is 2. The van der Waals surface area contributed by atoms with Gasteiger partial charge >= 0.3 is 12.1 Å². The highest BCUT2D eigenvalue weighted by Gasteiger charge is 2.49. The van der Waals surface area contributed by atoms with Crippen molar-refractivity contribution in [2.45, 2.75) is 38.2 Å². The third-order valence-corrected chi connectivity index (χ3v) is 4.52. The Bertz CT molecular complexity index is 614. The minimum atomic E-state index is -0.693. The van der Waals surface area contributed by atoms with E-state index in [0.29, 0.717) is 32.3 Å². The molecule has 1 amide bonds. The fourth-order valence-corrected chi connectivity index (χ4v) is 3.29. The summed E-state index contributed by atoms with van der Waals surface area (Å²) in [7, 11) is 0. The maximum atomic E-state index is 13.8. The predicted molar refractivity (Wildman–Crippen MR) is 79.3 cm³/mol. The van der Waals surface area contributed by atoms with E-state index in [1.807, 2.05) is 0 Å². The zero-order valence-corrected chi connectivity index (χ0v) is 13.0. The zero-order valence-electron chi connectivity index (χ0n) is 13.0. The number of pyridine rings is 1. The van der Waals surface area contributed by atoms with Crippen molar-refractivity contribution in [1.29, 1.82) is 0 Å². The van der Waals surface area contributed by atoms with Crippen molar-refractivity contribution in [2.75, 3.05) is 18.1 Å². The highest BCUT2D eigenvalue weighted by atomic mass is 19.1. The zero-order chi connectivity index (χ0) is 16.4. The van der Waals surface area contributed by atoms with Crippen molar-refractivity contribution in [2.24, 2.45) is 5.92 Å². The average molecular weight is 322 g/mol. The molecule has 1 aromatic heterocycles. The summed E-state index contributed by atoms with van der Waals surface area (Å²) in [6.07, 6.45) is 3.12. The smallest absolute Gasteiger partial charge is 0.415 e. The first kappa shape index (κ1) is 15.7. The average Bonchev–Trinajstić information content (AvgIpc) is 2.85. The number of anilines is 1. The van der Waals surface area contributed by atoms with Crippen molar-refractivity contribution in [3.8, 4) is 0 Å². The molecule has 0 radical (unpaired) electrons. The second-order valence-electron chi connectivity index (χ2n) is 5.98. The minimum absolute atomic E-state index is 0.127. The van der Waals surface area contributed by atoms with E-state index in [4.69, 9.17) is 9.47 Å². The van der Waals surface area contributed by atoms with Crippen molar-refractivity contribution in [3.05, 3.63) is 24.3 Å². The molecule has 6 nitrogen and oxygen atoms in total. The Kier molecular flexibility index (Phi) is 4.19. The van der Waals surface area contributed by atoms with Gasteiger partial charge in [0.05, 0.1) is 19.1 Å². The van der Waals surface area contributed by atoms with Crippen LogP contribution in [-0.4, -0.2) is 35.8 Å². The molecule has 0 bridgehead atoms. The summed E-state index contributed by atoms with van der Waals surface area (Å²) in [5, 5.41) is 0. The molecular formula is C16H19FN2O4. The number of rotatable bonds is 3. The monoisotopic (exact) mass is 322 g/mol. The number of halogens is 1. The van der Waals surface area contributed by atoms with Crippen LogP contribution < -0.4 is 4.90 Å². The molecule has 0 aromatic carbocycles. The van der Waals surface area contributed by atoms with Gasteiger partial charge in [0.2, 0.25) is 5.95 Å². The van der Waals surface area contributed by atoms with E-state index in [1.54, 1.807) is 13.0 Å². The van der Waals surface area contributed by atoms with E-state index in [2.05, 4.69) is 4.98 Å². The Morgan fingerprint density at radius 2 is 2.26 bits per heavy atom. The summed E-state index contributed by atoms with van der Waals surface area (Å²) in [4.78, 5) is 28.8. The lowest BCUT2D eigenvalue weighted by Crippen LogP contribution is -2.40. The number of ether oxygens (including phenoxy) is 2. The molecular weight excluding hydrogens is 303 g/mol. The number of hydrogen-bond donors (Lipinski definition) is 0. The molecule has 2 aliphatic rings. The molecule has 1 aliphatic carbocycles. The van der Waals surface area contributed by atoms with Crippen LogP contribution in [0.3, 0.4) is 0 Å². The second-order valence-corrected chi connectivity index (χ2v) is 5.98. The highest BCUT2D eigenvalue weighted by molar-refractivity contribution is 5.90. The fourth-order valence-electron chi connectivity index (χ4n) is 3.29. The first-order valence-electron chi connectivity index (χ1n) is 7.82. The van der Waals surface area contributed by atoms with E-state index in [-0.39, 0.29) is 24.1 Å². The topological polar surface area (TPSA) is 68.7 Å². The van der Waals surface area contributed by atoms with Crippen molar-refractivity contribution in [3.63, 3.8) is 0 Å². The molecule has 0 N–H and O–H groups in total. The lowest BCUT2D eigenvalue weighted by molar-refractivity contribution is -0.150. The summed E-state index contributed by atoms with van der Waals surface area (Å²) in [6.45, 7) is 2.43. The molecule has 0 atom stereocenters. The number of aromatic nitrogens is 1. The van der Waals surface area contributed by atoms with Gasteiger partial charge in [0.1, 0.15) is 11.3 Å². The van der Waals surface area contributed by atoms with Gasteiger partial charge in [-0.15, -0.1) is 0 Å². The first-order valence-corrected chi connectivity index (χ1v) is 7.82. The largest absolute Gasteiger partial charge is 0.466 e. The van der Waals surface area contributed by atoms with E-state index < -0.39 is 17.6 Å².